The van der Waals surface area contributed by atoms with Crippen molar-refractivity contribution in [3.63, 3.8) is 0 Å². The molecule has 0 unspecified atom stereocenters. The second-order valence-electron chi connectivity index (χ2n) is 4.96. The number of carbonyl (C=O) groups excluding carboxylic acids is 1. The molecule has 9 heteroatoms. The van der Waals surface area contributed by atoms with Crippen molar-refractivity contribution in [3.05, 3.63) is 17.0 Å². The van der Waals surface area contributed by atoms with E-state index in [-0.39, 0.29) is 11.7 Å². The zero-order chi connectivity index (χ0) is 15.4. The number of carbonyl (C=O) groups is 1. The third kappa shape index (κ3) is 3.28. The van der Waals surface area contributed by atoms with Gasteiger partial charge < -0.3 is 5.32 Å². The summed E-state index contributed by atoms with van der Waals surface area (Å²) >= 11 is 2.66. The van der Waals surface area contributed by atoms with Crippen LogP contribution in [0.4, 0.5) is 5.00 Å². The van der Waals surface area contributed by atoms with Crippen molar-refractivity contribution in [1.82, 2.24) is 20.2 Å². The highest BCUT2D eigenvalue weighted by Gasteiger charge is 2.22. The summed E-state index contributed by atoms with van der Waals surface area (Å²) in [4.78, 5) is 12.0. The van der Waals surface area contributed by atoms with Gasteiger partial charge in [-0.2, -0.15) is 5.26 Å². The second-order valence-corrected chi connectivity index (χ2v) is 6.81. The smallest absolute Gasteiger partial charge is 0.235 e. The molecule has 22 heavy (non-hydrogen) atoms. The molecule has 1 aliphatic rings. The quantitative estimate of drug-likeness (QED) is 0.844. The van der Waals surface area contributed by atoms with Crippen LogP contribution in [0.5, 0.6) is 0 Å². The van der Waals surface area contributed by atoms with Crippen molar-refractivity contribution in [2.75, 3.05) is 11.1 Å². The molecule has 0 spiro atoms. The van der Waals surface area contributed by atoms with Gasteiger partial charge in [0.1, 0.15) is 11.1 Å². The number of nitrogens with one attached hydrogen (secondary N) is 1. The zero-order valence-electron chi connectivity index (χ0n) is 11.7. The molecular formula is C13H14N6OS2. The Balaban J connectivity index is 1.58. The fraction of sp³-hybridized carbons (Fsp3) is 0.462. The molecule has 1 saturated carbocycles. The predicted molar refractivity (Wildman–Crippen MR) is 83.7 cm³/mol. The molecule has 0 atom stereocenters. The maximum Gasteiger partial charge on any atom is 0.235 e. The van der Waals surface area contributed by atoms with E-state index in [1.807, 2.05) is 10.8 Å². The highest BCUT2D eigenvalue weighted by Crippen LogP contribution is 2.31. The summed E-state index contributed by atoms with van der Waals surface area (Å²) in [5.74, 6) is 0.0560. The zero-order valence-corrected chi connectivity index (χ0v) is 13.4. The summed E-state index contributed by atoms with van der Waals surface area (Å²) in [5, 5.41) is 26.5. The van der Waals surface area contributed by atoms with E-state index >= 15 is 0 Å². The van der Waals surface area contributed by atoms with Crippen molar-refractivity contribution in [2.24, 2.45) is 0 Å². The van der Waals surface area contributed by atoms with E-state index in [4.69, 9.17) is 5.26 Å². The molecule has 114 valence electrons. The summed E-state index contributed by atoms with van der Waals surface area (Å²) < 4.78 is 1.83. The van der Waals surface area contributed by atoms with E-state index in [2.05, 4.69) is 20.8 Å². The highest BCUT2D eigenvalue weighted by atomic mass is 32.2. The topological polar surface area (TPSA) is 96.5 Å². The summed E-state index contributed by atoms with van der Waals surface area (Å²) in [6.45, 7) is 0. The van der Waals surface area contributed by atoms with Crippen LogP contribution in [0.1, 0.15) is 37.3 Å². The molecule has 1 amide bonds. The van der Waals surface area contributed by atoms with Gasteiger partial charge in [0.25, 0.3) is 0 Å². The molecule has 2 aromatic rings. The molecule has 3 rings (SSSR count). The average molecular weight is 334 g/mol. The van der Waals surface area contributed by atoms with Crippen LogP contribution >= 0.6 is 23.1 Å². The molecular weight excluding hydrogens is 320 g/mol. The lowest BCUT2D eigenvalue weighted by Gasteiger charge is -2.10. The minimum atomic E-state index is -0.162. The van der Waals surface area contributed by atoms with Gasteiger partial charge in [-0.1, -0.05) is 24.6 Å². The Kier molecular flexibility index (Phi) is 4.70. The minimum absolute atomic E-state index is 0.162. The lowest BCUT2D eigenvalue weighted by Crippen LogP contribution is -2.15. The largest absolute Gasteiger partial charge is 0.316 e. The van der Waals surface area contributed by atoms with Crippen LogP contribution in [0.25, 0.3) is 0 Å². The average Bonchev–Trinajstić information content (AvgIpc) is 3.25. The number of nitrogens with zero attached hydrogens (tertiary/aromatic N) is 5. The molecule has 7 nitrogen and oxygen atoms in total. The highest BCUT2D eigenvalue weighted by molar-refractivity contribution is 7.99. The predicted octanol–water partition coefficient (Wildman–Crippen LogP) is 2.45. The fourth-order valence-electron chi connectivity index (χ4n) is 2.45. The lowest BCUT2D eigenvalue weighted by atomic mass is 10.3. The van der Waals surface area contributed by atoms with Crippen molar-refractivity contribution in [2.45, 2.75) is 36.9 Å². The number of anilines is 1. The van der Waals surface area contributed by atoms with Crippen molar-refractivity contribution < 1.29 is 4.79 Å². The molecule has 1 fully saturated rings. The van der Waals surface area contributed by atoms with Crippen LogP contribution in [0.15, 0.2) is 16.6 Å². The number of nitriles is 1. The fourth-order valence-corrected chi connectivity index (χ4v) is 3.94. The normalized spacial score (nSPS) is 14.9. The van der Waals surface area contributed by atoms with E-state index < -0.39 is 0 Å². The Hall–Kier alpha value is -1.92. The molecule has 2 aromatic heterocycles. The minimum Gasteiger partial charge on any atom is -0.316 e. The number of thiophene rings is 1. The Morgan fingerprint density at radius 1 is 1.55 bits per heavy atom. The molecule has 1 aliphatic carbocycles. The van der Waals surface area contributed by atoms with Crippen LogP contribution in [-0.4, -0.2) is 31.9 Å². The third-order valence-corrected chi connectivity index (χ3v) is 5.27. The molecule has 2 heterocycles. The number of rotatable bonds is 5. The van der Waals surface area contributed by atoms with Gasteiger partial charge in [0.15, 0.2) is 0 Å². The van der Waals surface area contributed by atoms with Crippen LogP contribution in [0.2, 0.25) is 0 Å². The van der Waals surface area contributed by atoms with Gasteiger partial charge in [-0.25, -0.2) is 4.68 Å². The van der Waals surface area contributed by atoms with Gasteiger partial charge in [0.05, 0.1) is 17.4 Å². The van der Waals surface area contributed by atoms with Crippen LogP contribution in [0, 0.1) is 11.3 Å². The molecule has 0 bridgehead atoms. The van der Waals surface area contributed by atoms with E-state index in [1.54, 1.807) is 11.4 Å². The Morgan fingerprint density at radius 2 is 2.36 bits per heavy atom. The van der Waals surface area contributed by atoms with E-state index in [0.29, 0.717) is 21.8 Å². The number of hydrogen-bond acceptors (Lipinski definition) is 7. The SMILES string of the molecule is N#Cc1ccsc1NC(=O)CSc1nnnn1C1CCCC1. The Morgan fingerprint density at radius 3 is 3.14 bits per heavy atom. The molecule has 0 radical (unpaired) electrons. The number of hydrogen-bond donors (Lipinski definition) is 1. The van der Waals surface area contributed by atoms with Crippen molar-refractivity contribution in [3.8, 4) is 6.07 Å². The van der Waals surface area contributed by atoms with Gasteiger partial charge in [0, 0.05) is 0 Å². The van der Waals surface area contributed by atoms with Gasteiger partial charge in [-0.15, -0.1) is 16.4 Å². The van der Waals surface area contributed by atoms with Crippen molar-refractivity contribution >= 4 is 34.0 Å². The lowest BCUT2D eigenvalue weighted by molar-refractivity contribution is -0.113. The van der Waals surface area contributed by atoms with Crippen LogP contribution in [0.3, 0.4) is 0 Å². The van der Waals surface area contributed by atoms with E-state index in [9.17, 15) is 4.79 Å². The summed E-state index contributed by atoms with van der Waals surface area (Å²) in [6.07, 6.45) is 4.58. The first-order valence-electron chi connectivity index (χ1n) is 6.96. The first-order chi connectivity index (χ1) is 10.8. The van der Waals surface area contributed by atoms with Crippen molar-refractivity contribution in [1.29, 1.82) is 5.26 Å². The van der Waals surface area contributed by atoms with Crippen LogP contribution < -0.4 is 5.32 Å². The molecule has 0 aromatic carbocycles. The maximum absolute atomic E-state index is 12.0. The van der Waals surface area contributed by atoms with Crippen LogP contribution in [-0.2, 0) is 4.79 Å². The first-order valence-corrected chi connectivity index (χ1v) is 8.82. The van der Waals surface area contributed by atoms with Gasteiger partial charge in [-0.05, 0) is 34.7 Å². The third-order valence-electron chi connectivity index (χ3n) is 3.50. The molecule has 0 saturated heterocycles. The number of tetrazole rings is 1. The van der Waals surface area contributed by atoms with E-state index in [1.165, 1.54) is 35.9 Å². The van der Waals surface area contributed by atoms with E-state index in [0.717, 1.165) is 12.8 Å². The van der Waals surface area contributed by atoms with Gasteiger partial charge in [0.2, 0.25) is 11.1 Å². The molecule has 0 aliphatic heterocycles. The standard InChI is InChI=1S/C13H14N6OS2/c14-7-9-5-6-21-12(9)15-11(20)8-22-13-16-17-18-19(13)10-3-1-2-4-10/h5-6,10H,1-4,8H2,(H,15,20). The summed E-state index contributed by atoms with van der Waals surface area (Å²) in [7, 11) is 0. The van der Waals surface area contributed by atoms with Gasteiger partial charge >= 0.3 is 0 Å². The Labute approximate surface area is 135 Å². The van der Waals surface area contributed by atoms with Gasteiger partial charge in [-0.3, -0.25) is 4.79 Å². The second kappa shape index (κ2) is 6.89. The number of amides is 1. The maximum atomic E-state index is 12.0. The summed E-state index contributed by atoms with van der Waals surface area (Å²) in [6, 6.07) is 4.09. The monoisotopic (exact) mass is 334 g/mol. The molecule has 1 N–H and O–H groups in total. The number of aromatic nitrogens is 4. The first kappa shape index (κ1) is 15.0. The Bertz CT molecular complexity index is 697. The summed E-state index contributed by atoms with van der Waals surface area (Å²) in [5.41, 5.74) is 0.485. The number of thioether (sulfide) groups is 1.